The summed E-state index contributed by atoms with van der Waals surface area (Å²) in [5.41, 5.74) is 1.04. The third-order valence-corrected chi connectivity index (χ3v) is 6.13. The minimum atomic E-state index is -2.76. The number of methoxy groups -OCH3 is 1. The Hall–Kier alpha value is -4.65. The van der Waals surface area contributed by atoms with Gasteiger partial charge in [-0.3, -0.25) is 4.79 Å². The molecule has 0 spiro atoms. The van der Waals surface area contributed by atoms with E-state index in [4.69, 9.17) is 13.6 Å². The Kier molecular flexibility index (Phi) is 5.19. The molecule has 1 aromatic carbocycles. The molecule has 13 heteroatoms. The Morgan fingerprint density at radius 2 is 2.08 bits per heavy atom. The van der Waals surface area contributed by atoms with E-state index in [9.17, 15) is 9.18 Å². The molecule has 1 aliphatic carbocycles. The largest absolute Gasteiger partial charge is 0.495 e. The second-order valence-corrected chi connectivity index (χ2v) is 8.76. The molecule has 6 rings (SSSR count). The zero-order valence-corrected chi connectivity index (χ0v) is 20.2. The fourth-order valence-electron chi connectivity index (χ4n) is 4.07. The van der Waals surface area contributed by atoms with Gasteiger partial charge in [0.25, 0.3) is 11.9 Å². The van der Waals surface area contributed by atoms with Crippen LogP contribution in [-0.4, -0.2) is 49.9 Å². The number of carbonyl (C=O) groups is 1. The van der Waals surface area contributed by atoms with E-state index in [0.717, 1.165) is 12.8 Å². The second-order valence-electron chi connectivity index (χ2n) is 8.76. The summed E-state index contributed by atoms with van der Waals surface area (Å²) in [7, 11) is 1.48. The van der Waals surface area contributed by atoms with Crippen molar-refractivity contribution < 1.29 is 22.8 Å². The number of anilines is 5. The number of nitrogens with one attached hydrogen (secondary N) is 2. The fourth-order valence-corrected chi connectivity index (χ4v) is 4.07. The van der Waals surface area contributed by atoms with E-state index in [1.165, 1.54) is 30.2 Å². The van der Waals surface area contributed by atoms with Crippen LogP contribution in [0.5, 0.6) is 5.75 Å². The molecule has 4 aromatic rings. The number of hydrogen-bond acceptors (Lipinski definition) is 10. The van der Waals surface area contributed by atoms with Gasteiger partial charge in [0.2, 0.25) is 0 Å². The maximum atomic E-state index is 14.8. The number of rotatable bonds is 4. The van der Waals surface area contributed by atoms with Crippen LogP contribution in [-0.2, 0) is 18.0 Å². The summed E-state index contributed by atoms with van der Waals surface area (Å²) in [5, 5.41) is 18.0. The predicted molar refractivity (Wildman–Crippen MR) is 134 cm³/mol. The summed E-state index contributed by atoms with van der Waals surface area (Å²) >= 11 is 0. The summed E-state index contributed by atoms with van der Waals surface area (Å²) in [5.74, 6) is -0.555. The van der Waals surface area contributed by atoms with Crippen LogP contribution < -0.4 is 20.3 Å². The molecule has 1 aliphatic heterocycles. The lowest BCUT2D eigenvalue weighted by atomic mass is 10.1. The van der Waals surface area contributed by atoms with Crippen LogP contribution in [0.3, 0.4) is 0 Å². The number of amides is 1. The number of hydrogen-bond donors (Lipinski definition) is 2. The Morgan fingerprint density at radius 1 is 1.18 bits per heavy atom. The van der Waals surface area contributed by atoms with Gasteiger partial charge in [-0.1, -0.05) is 6.07 Å². The van der Waals surface area contributed by atoms with Gasteiger partial charge in [0.1, 0.15) is 29.4 Å². The fraction of sp³-hybridized carbons (Fsp3) is 0.280. The van der Waals surface area contributed by atoms with Gasteiger partial charge in [0.15, 0.2) is 11.5 Å². The van der Waals surface area contributed by atoms with Crippen LogP contribution in [0.4, 0.5) is 33.3 Å². The molecule has 0 unspecified atom stereocenters. The maximum absolute atomic E-state index is 14.8. The molecule has 194 valence electrons. The molecule has 38 heavy (non-hydrogen) atoms. The third-order valence-electron chi connectivity index (χ3n) is 6.13. The smallest absolute Gasteiger partial charge is 0.273 e. The number of ether oxygens (including phenoxy) is 2. The average molecular weight is 521 g/mol. The number of aromatic nitrogens is 6. The van der Waals surface area contributed by atoms with Gasteiger partial charge in [-0.05, 0) is 42.7 Å². The molecule has 1 saturated carbocycles. The maximum Gasteiger partial charge on any atom is 0.273 e. The number of nitrogens with zero attached hydrogens (tertiary/aromatic N) is 7. The summed E-state index contributed by atoms with van der Waals surface area (Å²) in [4.78, 5) is 23.4. The molecule has 4 heterocycles. The van der Waals surface area contributed by atoms with E-state index in [1.807, 2.05) is 5.32 Å². The highest BCUT2D eigenvalue weighted by Crippen LogP contribution is 2.37. The molecule has 0 radical (unpaired) electrons. The van der Waals surface area contributed by atoms with Gasteiger partial charge in [-0.25, -0.2) is 19.0 Å². The van der Waals surface area contributed by atoms with Crippen LogP contribution >= 0.6 is 0 Å². The molecular weight excluding hydrogens is 493 g/mol. The van der Waals surface area contributed by atoms with Crippen molar-refractivity contribution in [1.29, 1.82) is 0 Å². The minimum absolute atomic E-state index is 0.0555. The van der Waals surface area contributed by atoms with Crippen molar-refractivity contribution in [3.05, 3.63) is 65.5 Å². The Bertz CT molecular complexity index is 1630. The normalized spacial score (nSPS) is 16.4. The van der Waals surface area contributed by atoms with Crippen LogP contribution in [0, 0.1) is 5.82 Å². The molecule has 2 N–H and O–H groups in total. The lowest BCUT2D eigenvalue weighted by molar-refractivity contribution is 0.0958. The SMILES string of the molecule is [2H]C([2H])([2H])NC(=O)c1nnc2cc1Nc1cc(ccc1OC)COCc1nc(ccc1F)N2c1ncn(C2CC2)n1. The number of halogens is 1. The van der Waals surface area contributed by atoms with Gasteiger partial charge in [0, 0.05) is 17.2 Å². The molecule has 1 amide bonds. The standard InChI is InChI=1S/C25H24FN9O3/c1-27-24(36)23-18-10-22(31-32-23)35(25-28-13-34(33-25)15-4-5-15)21-8-6-16(26)19(30-21)12-38-11-14-3-7-20(37-2)17(9-14)29-18/h3,6-10,13,15,29H,4-5,11-12H2,1-2H3,(H,27,36)/i1D3. The van der Waals surface area contributed by atoms with Crippen LogP contribution in [0.15, 0.2) is 42.7 Å². The topological polar surface area (TPSA) is 132 Å². The van der Waals surface area contributed by atoms with E-state index in [0.29, 0.717) is 17.0 Å². The van der Waals surface area contributed by atoms with Gasteiger partial charge in [0.05, 0.1) is 37.7 Å². The van der Waals surface area contributed by atoms with Gasteiger partial charge in [-0.15, -0.1) is 15.3 Å². The van der Waals surface area contributed by atoms with Gasteiger partial charge >= 0.3 is 0 Å². The summed E-state index contributed by atoms with van der Waals surface area (Å²) in [6.07, 6.45) is 3.54. The Morgan fingerprint density at radius 3 is 2.89 bits per heavy atom. The first kappa shape index (κ1) is 20.4. The third kappa shape index (κ3) is 4.47. The molecule has 6 bridgehead atoms. The first-order valence-electron chi connectivity index (χ1n) is 13.3. The van der Waals surface area contributed by atoms with E-state index in [2.05, 4.69) is 30.6 Å². The van der Waals surface area contributed by atoms with E-state index >= 15 is 0 Å². The second kappa shape index (κ2) is 9.67. The number of pyridine rings is 1. The molecular formula is C25H24FN9O3. The lowest BCUT2D eigenvalue weighted by Crippen LogP contribution is -2.23. The summed E-state index contributed by atoms with van der Waals surface area (Å²) < 4.78 is 50.2. The number of carbonyl (C=O) groups excluding carboxylic acids is 1. The molecule has 12 nitrogen and oxygen atoms in total. The van der Waals surface area contributed by atoms with Gasteiger partial charge in [-0.2, -0.15) is 4.98 Å². The molecule has 0 atom stereocenters. The summed E-state index contributed by atoms with van der Waals surface area (Å²) in [6, 6.07) is 9.62. The first-order valence-corrected chi connectivity index (χ1v) is 11.8. The highest BCUT2D eigenvalue weighted by molar-refractivity contribution is 5.98. The molecule has 0 saturated heterocycles. The van der Waals surface area contributed by atoms with Gasteiger partial charge < -0.3 is 20.1 Å². The number of benzene rings is 1. The lowest BCUT2D eigenvalue weighted by Gasteiger charge is -2.22. The van der Waals surface area contributed by atoms with Crippen molar-refractivity contribution >= 4 is 34.9 Å². The predicted octanol–water partition coefficient (Wildman–Crippen LogP) is 3.55. The van der Waals surface area contributed by atoms with Crippen LogP contribution in [0.2, 0.25) is 0 Å². The zero-order valence-electron chi connectivity index (χ0n) is 23.2. The summed E-state index contributed by atoms with van der Waals surface area (Å²) in [6.45, 7) is -2.76. The quantitative estimate of drug-likeness (QED) is 0.412. The number of fused-ring (bicyclic) bond motifs is 6. The first-order chi connectivity index (χ1) is 19.7. The minimum Gasteiger partial charge on any atom is -0.495 e. The Labute approximate surface area is 221 Å². The molecule has 2 aliphatic rings. The highest BCUT2D eigenvalue weighted by Gasteiger charge is 2.28. The van der Waals surface area contributed by atoms with Crippen LogP contribution in [0.1, 0.15) is 44.7 Å². The monoisotopic (exact) mass is 520 g/mol. The zero-order chi connectivity index (χ0) is 28.7. The average Bonchev–Trinajstić information content (AvgIpc) is 3.67. The highest BCUT2D eigenvalue weighted by atomic mass is 19.1. The van der Waals surface area contributed by atoms with E-state index < -0.39 is 18.7 Å². The van der Waals surface area contributed by atoms with Crippen molar-refractivity contribution in [1.82, 2.24) is 35.3 Å². The molecule has 3 aromatic heterocycles. The van der Waals surface area contributed by atoms with Crippen molar-refractivity contribution in [2.75, 3.05) is 24.3 Å². The molecule has 1 fully saturated rings. The van der Waals surface area contributed by atoms with E-state index in [1.54, 1.807) is 29.2 Å². The van der Waals surface area contributed by atoms with Crippen molar-refractivity contribution in [3.63, 3.8) is 0 Å². The van der Waals surface area contributed by atoms with Crippen molar-refractivity contribution in [3.8, 4) is 5.75 Å². The van der Waals surface area contributed by atoms with Crippen LogP contribution in [0.25, 0.3) is 0 Å². The van der Waals surface area contributed by atoms with E-state index in [-0.39, 0.29) is 53.9 Å². The van der Waals surface area contributed by atoms with Crippen molar-refractivity contribution in [2.45, 2.75) is 32.1 Å². The van der Waals surface area contributed by atoms with Crippen molar-refractivity contribution in [2.24, 2.45) is 0 Å². The Balaban J connectivity index is 1.55.